The molecule has 2 heterocycles. The van der Waals surface area contributed by atoms with E-state index >= 15 is 0 Å². The molecule has 1 amide bonds. The first-order valence-electron chi connectivity index (χ1n) is 9.95. The summed E-state index contributed by atoms with van der Waals surface area (Å²) in [5.41, 5.74) is 0.916. The van der Waals surface area contributed by atoms with E-state index in [9.17, 15) is 13.6 Å². The van der Waals surface area contributed by atoms with Crippen molar-refractivity contribution in [1.82, 2.24) is 9.88 Å². The van der Waals surface area contributed by atoms with Gasteiger partial charge in [0, 0.05) is 19.0 Å². The topological polar surface area (TPSA) is 55.6 Å². The van der Waals surface area contributed by atoms with Crippen LogP contribution in [0.5, 0.6) is 5.75 Å². The van der Waals surface area contributed by atoms with Crippen molar-refractivity contribution in [3.63, 3.8) is 0 Å². The Morgan fingerprint density at radius 2 is 1.97 bits per heavy atom. The van der Waals surface area contributed by atoms with Gasteiger partial charge in [0.05, 0.1) is 6.20 Å². The molecule has 1 aliphatic heterocycles. The van der Waals surface area contributed by atoms with E-state index in [1.165, 1.54) is 30.3 Å². The number of rotatable bonds is 6. The maximum absolute atomic E-state index is 13.3. The standard InChI is InChI=1S/C23H22F2N2O3/c24-17-9-7-16(8-10-17)12-20-14-26-23(30-20)21-6-1-2-11-27(21)22(28)15-29-19-5-3-4-18(25)13-19/h3-5,7-10,13-14,21H,1-2,6,11-12,15H2/t21-/m1/s1. The molecular formula is C23H22F2N2O3. The summed E-state index contributed by atoms with van der Waals surface area (Å²) in [7, 11) is 0. The third-order valence-electron chi connectivity index (χ3n) is 5.13. The SMILES string of the molecule is O=C(COc1cccc(F)c1)N1CCCC[C@@H]1c1ncc(Cc2ccc(F)cc2)o1. The lowest BCUT2D eigenvalue weighted by atomic mass is 10.0. The van der Waals surface area contributed by atoms with Gasteiger partial charge >= 0.3 is 0 Å². The van der Waals surface area contributed by atoms with E-state index in [2.05, 4.69) is 4.98 Å². The molecular weight excluding hydrogens is 390 g/mol. The average Bonchev–Trinajstić information content (AvgIpc) is 3.22. The third kappa shape index (κ3) is 4.84. The van der Waals surface area contributed by atoms with Crippen LogP contribution in [0.4, 0.5) is 8.78 Å². The zero-order chi connectivity index (χ0) is 20.9. The van der Waals surface area contributed by atoms with E-state index in [0.29, 0.717) is 30.4 Å². The number of amides is 1. The van der Waals surface area contributed by atoms with E-state index in [4.69, 9.17) is 9.15 Å². The molecule has 0 spiro atoms. The third-order valence-corrected chi connectivity index (χ3v) is 5.13. The van der Waals surface area contributed by atoms with Crippen LogP contribution in [-0.4, -0.2) is 28.9 Å². The summed E-state index contributed by atoms with van der Waals surface area (Å²) >= 11 is 0. The number of hydrogen-bond acceptors (Lipinski definition) is 4. The largest absolute Gasteiger partial charge is 0.484 e. The molecule has 5 nitrogen and oxygen atoms in total. The number of likely N-dealkylation sites (tertiary alicyclic amines) is 1. The highest BCUT2D eigenvalue weighted by Crippen LogP contribution is 2.31. The highest BCUT2D eigenvalue weighted by Gasteiger charge is 2.31. The predicted octanol–water partition coefficient (Wildman–Crippen LogP) is 4.68. The summed E-state index contributed by atoms with van der Waals surface area (Å²) in [4.78, 5) is 18.9. The van der Waals surface area contributed by atoms with Crippen LogP contribution in [0.1, 0.15) is 42.5 Å². The first kappa shape index (κ1) is 20.1. The van der Waals surface area contributed by atoms with E-state index in [-0.39, 0.29) is 24.4 Å². The Morgan fingerprint density at radius 1 is 1.13 bits per heavy atom. The molecule has 1 saturated heterocycles. The Morgan fingerprint density at radius 3 is 2.77 bits per heavy atom. The minimum Gasteiger partial charge on any atom is -0.484 e. The zero-order valence-corrected chi connectivity index (χ0v) is 16.4. The Hall–Kier alpha value is -3.22. The molecule has 1 aromatic heterocycles. The van der Waals surface area contributed by atoms with Gasteiger partial charge in [-0.15, -0.1) is 0 Å². The van der Waals surface area contributed by atoms with Gasteiger partial charge in [0.2, 0.25) is 5.89 Å². The van der Waals surface area contributed by atoms with Gasteiger partial charge in [-0.2, -0.15) is 0 Å². The van der Waals surface area contributed by atoms with Gasteiger partial charge in [-0.05, 0) is 49.1 Å². The molecule has 3 aromatic rings. The number of piperidine rings is 1. The molecule has 1 aliphatic rings. The maximum Gasteiger partial charge on any atom is 0.261 e. The lowest BCUT2D eigenvalue weighted by molar-refractivity contribution is -0.137. The first-order chi connectivity index (χ1) is 14.6. The second-order valence-electron chi connectivity index (χ2n) is 7.31. The Bertz CT molecular complexity index is 1000. The fourth-order valence-corrected chi connectivity index (χ4v) is 3.63. The number of benzene rings is 2. The Kier molecular flexibility index (Phi) is 6.07. The molecule has 0 bridgehead atoms. The van der Waals surface area contributed by atoms with E-state index in [1.807, 2.05) is 0 Å². The highest BCUT2D eigenvalue weighted by atomic mass is 19.1. The van der Waals surface area contributed by atoms with Gasteiger partial charge in [0.1, 0.15) is 29.2 Å². The molecule has 30 heavy (non-hydrogen) atoms. The van der Waals surface area contributed by atoms with E-state index in [1.54, 1.807) is 29.3 Å². The summed E-state index contributed by atoms with van der Waals surface area (Å²) in [5.74, 6) is 0.575. The molecule has 2 aromatic carbocycles. The number of carbonyl (C=O) groups is 1. The van der Waals surface area contributed by atoms with Crippen molar-refractivity contribution in [2.24, 2.45) is 0 Å². The van der Waals surface area contributed by atoms with Crippen molar-refractivity contribution in [3.05, 3.63) is 83.6 Å². The van der Waals surface area contributed by atoms with Crippen LogP contribution < -0.4 is 4.74 Å². The van der Waals surface area contributed by atoms with Crippen LogP contribution in [0.2, 0.25) is 0 Å². The number of ether oxygens (including phenoxy) is 1. The molecule has 156 valence electrons. The molecule has 0 saturated carbocycles. The van der Waals surface area contributed by atoms with Crippen molar-refractivity contribution in [3.8, 4) is 5.75 Å². The zero-order valence-electron chi connectivity index (χ0n) is 16.4. The minimum absolute atomic E-state index is 0.177. The lowest BCUT2D eigenvalue weighted by Gasteiger charge is -2.33. The lowest BCUT2D eigenvalue weighted by Crippen LogP contribution is -2.41. The smallest absolute Gasteiger partial charge is 0.261 e. The molecule has 0 radical (unpaired) electrons. The molecule has 7 heteroatoms. The van der Waals surface area contributed by atoms with Gasteiger partial charge in [0.15, 0.2) is 6.61 Å². The van der Waals surface area contributed by atoms with Gasteiger partial charge in [0.25, 0.3) is 5.91 Å². The van der Waals surface area contributed by atoms with Crippen molar-refractivity contribution in [1.29, 1.82) is 0 Å². The monoisotopic (exact) mass is 412 g/mol. The fraction of sp³-hybridized carbons (Fsp3) is 0.304. The van der Waals surface area contributed by atoms with Crippen LogP contribution in [-0.2, 0) is 11.2 Å². The van der Waals surface area contributed by atoms with Crippen molar-refractivity contribution >= 4 is 5.91 Å². The Labute approximate surface area is 173 Å². The maximum atomic E-state index is 13.3. The van der Waals surface area contributed by atoms with Crippen LogP contribution in [0.25, 0.3) is 0 Å². The summed E-state index contributed by atoms with van der Waals surface area (Å²) in [5, 5.41) is 0. The van der Waals surface area contributed by atoms with Gasteiger partial charge in [-0.1, -0.05) is 18.2 Å². The average molecular weight is 412 g/mol. The summed E-state index contributed by atoms with van der Waals surface area (Å²) < 4.78 is 37.8. The quantitative estimate of drug-likeness (QED) is 0.590. The normalized spacial score (nSPS) is 16.5. The first-order valence-corrected chi connectivity index (χ1v) is 9.95. The molecule has 0 aliphatic carbocycles. The minimum atomic E-state index is -0.413. The van der Waals surface area contributed by atoms with Crippen LogP contribution in [0.3, 0.4) is 0 Å². The molecule has 0 unspecified atom stereocenters. The number of aromatic nitrogens is 1. The number of nitrogens with zero attached hydrogens (tertiary/aromatic N) is 2. The van der Waals surface area contributed by atoms with Crippen LogP contribution in [0.15, 0.2) is 59.1 Å². The second-order valence-corrected chi connectivity index (χ2v) is 7.31. The number of hydrogen-bond donors (Lipinski definition) is 0. The van der Waals surface area contributed by atoms with E-state index < -0.39 is 5.82 Å². The molecule has 0 N–H and O–H groups in total. The number of carbonyl (C=O) groups excluding carboxylic acids is 1. The fourth-order valence-electron chi connectivity index (χ4n) is 3.63. The molecule has 1 fully saturated rings. The highest BCUT2D eigenvalue weighted by molar-refractivity contribution is 5.78. The van der Waals surface area contributed by atoms with Gasteiger partial charge in [-0.25, -0.2) is 13.8 Å². The second kappa shape index (κ2) is 9.07. The van der Waals surface area contributed by atoms with Crippen molar-refractivity contribution in [2.75, 3.05) is 13.2 Å². The summed E-state index contributed by atoms with van der Waals surface area (Å²) in [6.45, 7) is 0.411. The molecule has 4 rings (SSSR count). The summed E-state index contributed by atoms with van der Waals surface area (Å²) in [6.07, 6.45) is 4.76. The van der Waals surface area contributed by atoms with Gasteiger partial charge in [-0.3, -0.25) is 4.79 Å². The van der Waals surface area contributed by atoms with Crippen LogP contribution >= 0.6 is 0 Å². The van der Waals surface area contributed by atoms with E-state index in [0.717, 1.165) is 24.8 Å². The predicted molar refractivity (Wildman–Crippen MR) is 106 cm³/mol. The van der Waals surface area contributed by atoms with Crippen molar-refractivity contribution < 1.29 is 22.7 Å². The number of halogens is 2. The van der Waals surface area contributed by atoms with Gasteiger partial charge < -0.3 is 14.1 Å². The Balaban J connectivity index is 1.42. The molecule has 1 atom stereocenters. The number of oxazole rings is 1. The summed E-state index contributed by atoms with van der Waals surface area (Å²) in [6, 6.07) is 11.7. The van der Waals surface area contributed by atoms with Crippen molar-refractivity contribution in [2.45, 2.75) is 31.7 Å². The van der Waals surface area contributed by atoms with Crippen LogP contribution in [0, 0.1) is 11.6 Å².